The van der Waals surface area contributed by atoms with Gasteiger partial charge in [-0.1, -0.05) is 0 Å². The fraction of sp³-hybridized carbons (Fsp3) is 0.923. The van der Waals surface area contributed by atoms with Crippen LogP contribution in [0, 0.1) is 5.41 Å². The molecule has 0 radical (unpaired) electrons. The van der Waals surface area contributed by atoms with Gasteiger partial charge in [-0.2, -0.15) is 0 Å². The Labute approximate surface area is 104 Å². The minimum atomic E-state index is -0.437. The van der Waals surface area contributed by atoms with Crippen LogP contribution >= 0.6 is 0 Å². The Morgan fingerprint density at radius 3 is 2.35 bits per heavy atom. The van der Waals surface area contributed by atoms with Crippen molar-refractivity contribution in [1.82, 2.24) is 10.2 Å². The highest BCUT2D eigenvalue weighted by Gasteiger charge is 2.33. The topological polar surface area (TPSA) is 58.4 Å². The number of carbonyl (C=O) groups excluding carboxylic acids is 1. The summed E-state index contributed by atoms with van der Waals surface area (Å²) in [5.41, 5.74) is 5.18. The van der Waals surface area contributed by atoms with Crippen molar-refractivity contribution in [1.29, 1.82) is 0 Å². The highest BCUT2D eigenvalue weighted by atomic mass is 16.2. The Balaban J connectivity index is 1.75. The average molecular weight is 239 g/mol. The molecule has 98 valence electrons. The summed E-state index contributed by atoms with van der Waals surface area (Å²) in [6.45, 7) is 6.49. The molecule has 2 rings (SSSR count). The Morgan fingerprint density at radius 2 is 1.88 bits per heavy atom. The van der Waals surface area contributed by atoms with E-state index in [1.165, 1.54) is 12.8 Å². The number of nitrogens with zero attached hydrogens (tertiary/aromatic N) is 1. The second kappa shape index (κ2) is 4.94. The summed E-state index contributed by atoms with van der Waals surface area (Å²) in [5.74, 6) is 0.102. The molecule has 0 spiro atoms. The maximum Gasteiger partial charge on any atom is 0.227 e. The number of amides is 1. The molecule has 4 heteroatoms. The molecular formula is C13H25N3O. The normalized spacial score (nSPS) is 23.7. The summed E-state index contributed by atoms with van der Waals surface area (Å²) in [7, 11) is 0. The number of nitrogens with two attached hydrogens (primary N) is 1. The van der Waals surface area contributed by atoms with Crippen molar-refractivity contribution in [3.63, 3.8) is 0 Å². The summed E-state index contributed by atoms with van der Waals surface area (Å²) < 4.78 is 0. The van der Waals surface area contributed by atoms with Crippen molar-refractivity contribution in [3.8, 4) is 0 Å². The molecule has 0 aromatic carbocycles. The lowest BCUT2D eigenvalue weighted by Crippen LogP contribution is -2.50. The summed E-state index contributed by atoms with van der Waals surface area (Å²) in [4.78, 5) is 14.6. The van der Waals surface area contributed by atoms with E-state index in [1.54, 1.807) is 0 Å². The molecule has 1 amide bonds. The Bertz CT molecular complexity index is 278. The van der Waals surface area contributed by atoms with Gasteiger partial charge in [0, 0.05) is 31.7 Å². The van der Waals surface area contributed by atoms with Crippen LogP contribution in [-0.4, -0.2) is 42.5 Å². The van der Waals surface area contributed by atoms with Crippen molar-refractivity contribution in [3.05, 3.63) is 0 Å². The zero-order chi connectivity index (χ0) is 12.5. The fourth-order valence-electron chi connectivity index (χ4n) is 2.32. The van der Waals surface area contributed by atoms with Gasteiger partial charge >= 0.3 is 0 Å². The number of hydrogen-bond acceptors (Lipinski definition) is 3. The molecule has 1 aliphatic heterocycles. The number of hydrogen-bond donors (Lipinski definition) is 2. The monoisotopic (exact) mass is 239 g/mol. The van der Waals surface area contributed by atoms with E-state index in [9.17, 15) is 4.79 Å². The number of carbonyl (C=O) groups is 1. The molecule has 2 fully saturated rings. The van der Waals surface area contributed by atoms with Gasteiger partial charge in [0.25, 0.3) is 0 Å². The lowest BCUT2D eigenvalue weighted by molar-refractivity contribution is -0.129. The van der Waals surface area contributed by atoms with E-state index < -0.39 is 5.41 Å². The highest BCUT2D eigenvalue weighted by molar-refractivity contribution is 5.82. The van der Waals surface area contributed by atoms with Crippen molar-refractivity contribution in [2.24, 2.45) is 11.1 Å². The predicted octanol–water partition coefficient (Wildman–Crippen LogP) is 0.714. The van der Waals surface area contributed by atoms with Crippen molar-refractivity contribution < 1.29 is 4.79 Å². The first kappa shape index (κ1) is 12.8. The summed E-state index contributed by atoms with van der Waals surface area (Å²) >= 11 is 0. The van der Waals surface area contributed by atoms with Gasteiger partial charge in [-0.3, -0.25) is 4.79 Å². The lowest BCUT2D eigenvalue weighted by atomic mass is 9.91. The molecule has 17 heavy (non-hydrogen) atoms. The van der Waals surface area contributed by atoms with Crippen molar-refractivity contribution >= 4 is 5.91 Å². The average Bonchev–Trinajstić information content (AvgIpc) is 3.14. The van der Waals surface area contributed by atoms with Gasteiger partial charge in [0.2, 0.25) is 5.91 Å². The quantitative estimate of drug-likeness (QED) is 0.760. The molecule has 4 nitrogen and oxygen atoms in total. The van der Waals surface area contributed by atoms with Gasteiger partial charge in [-0.25, -0.2) is 0 Å². The highest BCUT2D eigenvalue weighted by Crippen LogP contribution is 2.29. The molecule has 1 saturated heterocycles. The van der Waals surface area contributed by atoms with E-state index in [0.29, 0.717) is 12.6 Å². The van der Waals surface area contributed by atoms with Crippen LogP contribution in [0.1, 0.15) is 39.5 Å². The Hall–Kier alpha value is -0.610. The van der Waals surface area contributed by atoms with E-state index in [4.69, 9.17) is 5.73 Å². The second-order valence-electron chi connectivity index (χ2n) is 6.10. The third-order valence-corrected chi connectivity index (χ3v) is 4.05. The lowest BCUT2D eigenvalue weighted by Gasteiger charge is -2.34. The number of rotatable bonds is 4. The zero-order valence-corrected chi connectivity index (χ0v) is 11.0. The molecule has 1 aliphatic carbocycles. The molecular weight excluding hydrogens is 214 g/mol. The maximum absolute atomic E-state index is 12.0. The largest absolute Gasteiger partial charge is 0.353 e. The van der Waals surface area contributed by atoms with Crippen LogP contribution in [0.15, 0.2) is 0 Å². The van der Waals surface area contributed by atoms with E-state index in [2.05, 4.69) is 10.2 Å². The predicted molar refractivity (Wildman–Crippen MR) is 68.6 cm³/mol. The van der Waals surface area contributed by atoms with E-state index in [1.807, 2.05) is 13.8 Å². The summed E-state index contributed by atoms with van der Waals surface area (Å²) in [6, 6.07) is 1.20. The first-order chi connectivity index (χ1) is 8.03. The van der Waals surface area contributed by atoms with Gasteiger partial charge in [-0.05, 0) is 39.5 Å². The molecule has 2 aliphatic rings. The summed E-state index contributed by atoms with van der Waals surface area (Å²) in [5, 5.41) is 3.14. The van der Waals surface area contributed by atoms with Crippen molar-refractivity contribution in [2.75, 3.05) is 19.6 Å². The number of nitrogens with one attached hydrogen (secondary N) is 1. The minimum Gasteiger partial charge on any atom is -0.353 e. The van der Waals surface area contributed by atoms with Crippen molar-refractivity contribution in [2.45, 2.75) is 51.6 Å². The molecule has 0 unspecified atom stereocenters. The van der Waals surface area contributed by atoms with Gasteiger partial charge < -0.3 is 16.0 Å². The smallest absolute Gasteiger partial charge is 0.227 e. The minimum absolute atomic E-state index is 0.102. The standard InChI is InChI=1S/C13H25N3O/c1-13(2,9-14)12(17)15-10-5-7-16(8-6-10)11-3-4-11/h10-11H,3-9,14H2,1-2H3,(H,15,17). The molecule has 0 aromatic rings. The van der Waals surface area contributed by atoms with Crippen LogP contribution in [0.5, 0.6) is 0 Å². The van der Waals surface area contributed by atoms with Crippen LogP contribution in [0.2, 0.25) is 0 Å². The van der Waals surface area contributed by atoms with Crippen LogP contribution in [0.25, 0.3) is 0 Å². The van der Waals surface area contributed by atoms with Gasteiger partial charge in [-0.15, -0.1) is 0 Å². The van der Waals surface area contributed by atoms with E-state index in [-0.39, 0.29) is 5.91 Å². The fourth-order valence-corrected chi connectivity index (χ4v) is 2.32. The molecule has 1 saturated carbocycles. The third kappa shape index (κ3) is 3.19. The van der Waals surface area contributed by atoms with Crippen LogP contribution in [0.3, 0.4) is 0 Å². The first-order valence-corrected chi connectivity index (χ1v) is 6.78. The van der Waals surface area contributed by atoms with E-state index >= 15 is 0 Å². The van der Waals surface area contributed by atoms with Gasteiger partial charge in [0.15, 0.2) is 0 Å². The maximum atomic E-state index is 12.0. The van der Waals surface area contributed by atoms with Crippen LogP contribution in [0.4, 0.5) is 0 Å². The summed E-state index contributed by atoms with van der Waals surface area (Å²) in [6.07, 6.45) is 4.92. The third-order valence-electron chi connectivity index (χ3n) is 4.05. The second-order valence-corrected chi connectivity index (χ2v) is 6.10. The molecule has 0 bridgehead atoms. The number of likely N-dealkylation sites (tertiary alicyclic amines) is 1. The SMILES string of the molecule is CC(C)(CN)C(=O)NC1CCN(C2CC2)CC1. The van der Waals surface area contributed by atoms with Gasteiger partial charge in [0.05, 0.1) is 5.41 Å². The van der Waals surface area contributed by atoms with E-state index in [0.717, 1.165) is 32.0 Å². The Morgan fingerprint density at radius 1 is 1.29 bits per heavy atom. The molecule has 0 atom stereocenters. The molecule has 3 N–H and O–H groups in total. The van der Waals surface area contributed by atoms with Crippen LogP contribution < -0.4 is 11.1 Å². The Kier molecular flexibility index (Phi) is 3.73. The molecule has 0 aromatic heterocycles. The molecule has 1 heterocycles. The van der Waals surface area contributed by atoms with Gasteiger partial charge in [0.1, 0.15) is 0 Å². The van der Waals surface area contributed by atoms with Crippen LogP contribution in [-0.2, 0) is 4.79 Å². The number of piperidine rings is 1. The first-order valence-electron chi connectivity index (χ1n) is 6.78. The zero-order valence-electron chi connectivity index (χ0n) is 11.0.